The van der Waals surface area contributed by atoms with Crippen molar-refractivity contribution in [3.05, 3.63) is 38.0 Å². The molecular formula is C19H27NO8. The van der Waals surface area contributed by atoms with Crippen LogP contribution in [0.25, 0.3) is 0 Å². The average Bonchev–Trinajstić information content (AvgIpc) is 2.72. The molecule has 0 atom stereocenters. The fourth-order valence-electron chi connectivity index (χ4n) is 1.89. The molecule has 0 radical (unpaired) electrons. The van der Waals surface area contributed by atoms with E-state index in [1.54, 1.807) is 13.8 Å². The smallest absolute Gasteiger partial charge is 0.409 e. The Morgan fingerprint density at radius 2 is 1.04 bits per heavy atom. The maximum Gasteiger partial charge on any atom is 0.409 e. The number of hydrogen-bond donors (Lipinski definition) is 0. The van der Waals surface area contributed by atoms with Crippen molar-refractivity contribution in [2.24, 2.45) is 5.41 Å². The Morgan fingerprint density at radius 1 is 0.714 bits per heavy atom. The van der Waals surface area contributed by atoms with Crippen LogP contribution in [0.15, 0.2) is 38.0 Å². The van der Waals surface area contributed by atoms with Gasteiger partial charge in [0, 0.05) is 31.3 Å². The van der Waals surface area contributed by atoms with Gasteiger partial charge in [-0.15, -0.1) is 0 Å². The minimum absolute atomic E-state index is 0.346. The highest BCUT2D eigenvalue weighted by Crippen LogP contribution is 2.22. The largest absolute Gasteiger partial charge is 0.462 e. The molecule has 0 fully saturated rings. The third-order valence-corrected chi connectivity index (χ3v) is 3.59. The van der Waals surface area contributed by atoms with Crippen LogP contribution in [0.4, 0.5) is 4.79 Å². The maximum atomic E-state index is 12.2. The van der Waals surface area contributed by atoms with Gasteiger partial charge in [0.15, 0.2) is 0 Å². The van der Waals surface area contributed by atoms with Crippen molar-refractivity contribution in [3.8, 4) is 0 Å². The van der Waals surface area contributed by atoms with Gasteiger partial charge in [0.25, 0.3) is 0 Å². The van der Waals surface area contributed by atoms with Gasteiger partial charge in [0.2, 0.25) is 0 Å². The van der Waals surface area contributed by atoms with Crippen molar-refractivity contribution in [1.29, 1.82) is 0 Å². The summed E-state index contributed by atoms with van der Waals surface area (Å²) in [4.78, 5) is 48.0. The zero-order chi connectivity index (χ0) is 21.6. The van der Waals surface area contributed by atoms with Crippen molar-refractivity contribution in [1.82, 2.24) is 4.90 Å². The SMILES string of the molecule is C=CC(=O)OCC(COC(=O)C=C)(COC(=O)C=C)COC(=O)N(CC)CC. The van der Waals surface area contributed by atoms with Gasteiger partial charge >= 0.3 is 24.0 Å². The van der Waals surface area contributed by atoms with Crippen molar-refractivity contribution >= 4 is 24.0 Å². The summed E-state index contributed by atoms with van der Waals surface area (Å²) in [5.41, 5.74) is -1.33. The monoisotopic (exact) mass is 397 g/mol. The van der Waals surface area contributed by atoms with E-state index in [9.17, 15) is 19.2 Å². The molecule has 0 saturated heterocycles. The molecule has 0 rings (SSSR count). The number of rotatable bonds is 13. The molecule has 0 aromatic rings. The Morgan fingerprint density at radius 3 is 1.32 bits per heavy atom. The number of carbonyl (C=O) groups excluding carboxylic acids is 4. The lowest BCUT2D eigenvalue weighted by molar-refractivity contribution is -0.159. The number of ether oxygens (including phenoxy) is 4. The van der Waals surface area contributed by atoms with Crippen LogP contribution in [0, 0.1) is 5.41 Å². The summed E-state index contributed by atoms with van der Waals surface area (Å²) in [6, 6.07) is 0. The average molecular weight is 397 g/mol. The second-order valence-corrected chi connectivity index (χ2v) is 5.66. The van der Waals surface area contributed by atoms with Gasteiger partial charge in [-0.1, -0.05) is 19.7 Å². The van der Waals surface area contributed by atoms with E-state index in [0.717, 1.165) is 18.2 Å². The van der Waals surface area contributed by atoms with E-state index in [-0.39, 0.29) is 26.4 Å². The molecular weight excluding hydrogens is 370 g/mol. The van der Waals surface area contributed by atoms with Crippen LogP contribution in [0.2, 0.25) is 0 Å². The fourth-order valence-corrected chi connectivity index (χ4v) is 1.89. The quantitative estimate of drug-likeness (QED) is 0.262. The van der Waals surface area contributed by atoms with Crippen molar-refractivity contribution in [2.75, 3.05) is 39.5 Å². The van der Waals surface area contributed by atoms with Gasteiger partial charge in [-0.2, -0.15) is 0 Å². The number of hydrogen-bond acceptors (Lipinski definition) is 8. The zero-order valence-electron chi connectivity index (χ0n) is 16.3. The van der Waals surface area contributed by atoms with Crippen molar-refractivity contribution in [2.45, 2.75) is 13.8 Å². The van der Waals surface area contributed by atoms with Gasteiger partial charge < -0.3 is 23.8 Å². The fraction of sp³-hybridized carbons (Fsp3) is 0.474. The van der Waals surface area contributed by atoms with E-state index in [2.05, 4.69) is 19.7 Å². The summed E-state index contributed by atoms with van der Waals surface area (Å²) in [5, 5.41) is 0. The van der Waals surface area contributed by atoms with Gasteiger partial charge in [-0.25, -0.2) is 19.2 Å². The molecule has 0 aliphatic heterocycles. The summed E-state index contributed by atoms with van der Waals surface area (Å²) in [5.74, 6) is -2.24. The molecule has 0 aliphatic carbocycles. The molecule has 0 saturated carbocycles. The number of amides is 1. The van der Waals surface area contributed by atoms with Crippen LogP contribution in [0.5, 0.6) is 0 Å². The molecule has 156 valence electrons. The Bertz CT molecular complexity index is 535. The third-order valence-electron chi connectivity index (χ3n) is 3.59. The summed E-state index contributed by atoms with van der Waals surface area (Å²) in [7, 11) is 0. The van der Waals surface area contributed by atoms with Crippen molar-refractivity contribution in [3.63, 3.8) is 0 Å². The predicted molar refractivity (Wildman–Crippen MR) is 100 cm³/mol. The number of carbonyl (C=O) groups is 4. The molecule has 0 N–H and O–H groups in total. The van der Waals surface area contributed by atoms with E-state index in [4.69, 9.17) is 18.9 Å². The van der Waals surface area contributed by atoms with Crippen LogP contribution in [-0.2, 0) is 33.3 Å². The Balaban J connectivity index is 5.51. The number of esters is 3. The van der Waals surface area contributed by atoms with Gasteiger partial charge in [0.1, 0.15) is 31.8 Å². The molecule has 0 spiro atoms. The topological polar surface area (TPSA) is 108 Å². The summed E-state index contributed by atoms with van der Waals surface area (Å²) >= 11 is 0. The summed E-state index contributed by atoms with van der Waals surface area (Å²) in [6.45, 7) is 12.8. The lowest BCUT2D eigenvalue weighted by Crippen LogP contribution is -2.45. The minimum atomic E-state index is -1.33. The minimum Gasteiger partial charge on any atom is -0.462 e. The number of nitrogens with zero attached hydrogens (tertiary/aromatic N) is 1. The van der Waals surface area contributed by atoms with Crippen LogP contribution in [0.1, 0.15) is 13.8 Å². The van der Waals surface area contributed by atoms with Gasteiger partial charge in [-0.05, 0) is 13.8 Å². The summed E-state index contributed by atoms with van der Waals surface area (Å²) < 4.78 is 20.4. The standard InChI is InChI=1S/C19H27NO8/c1-6-15(21)25-11-19(12-26-16(22)7-2,13-27-17(23)8-3)14-28-18(24)20(9-4)10-5/h6-8H,1-3,9-14H2,4-5H3. The molecule has 1 amide bonds. The second-order valence-electron chi connectivity index (χ2n) is 5.66. The molecule has 9 nitrogen and oxygen atoms in total. The van der Waals surface area contributed by atoms with Crippen LogP contribution < -0.4 is 0 Å². The highest BCUT2D eigenvalue weighted by Gasteiger charge is 2.38. The maximum absolute atomic E-state index is 12.2. The van der Waals surface area contributed by atoms with E-state index in [1.165, 1.54) is 4.90 Å². The first-order valence-corrected chi connectivity index (χ1v) is 8.56. The zero-order valence-corrected chi connectivity index (χ0v) is 16.3. The molecule has 28 heavy (non-hydrogen) atoms. The highest BCUT2D eigenvalue weighted by molar-refractivity contribution is 5.82. The molecule has 9 heteroatoms. The van der Waals surface area contributed by atoms with Crippen LogP contribution >= 0.6 is 0 Å². The van der Waals surface area contributed by atoms with Crippen LogP contribution in [-0.4, -0.2) is 68.4 Å². The normalized spacial score (nSPS) is 10.2. The first-order valence-electron chi connectivity index (χ1n) is 8.56. The second kappa shape index (κ2) is 13.1. The Hall–Kier alpha value is -3.10. The molecule has 0 aromatic carbocycles. The van der Waals surface area contributed by atoms with E-state index >= 15 is 0 Å². The summed E-state index contributed by atoms with van der Waals surface area (Å²) in [6.07, 6.45) is 2.21. The lowest BCUT2D eigenvalue weighted by atomic mass is 9.92. The highest BCUT2D eigenvalue weighted by atomic mass is 16.6. The molecule has 0 unspecified atom stereocenters. The predicted octanol–water partition coefficient (Wildman–Crippen LogP) is 1.64. The first kappa shape index (κ1) is 24.9. The van der Waals surface area contributed by atoms with Crippen molar-refractivity contribution < 1.29 is 38.1 Å². The van der Waals surface area contributed by atoms with Gasteiger partial charge in [-0.3, -0.25) is 0 Å². The first-order chi connectivity index (χ1) is 13.3. The van der Waals surface area contributed by atoms with Crippen LogP contribution in [0.3, 0.4) is 0 Å². The molecule has 0 aromatic heterocycles. The molecule has 0 aliphatic rings. The third kappa shape index (κ3) is 9.02. The molecule has 0 bridgehead atoms. The van der Waals surface area contributed by atoms with E-state index < -0.39 is 29.4 Å². The van der Waals surface area contributed by atoms with E-state index in [1.807, 2.05) is 0 Å². The van der Waals surface area contributed by atoms with E-state index in [0.29, 0.717) is 13.1 Å². The van der Waals surface area contributed by atoms with Gasteiger partial charge in [0.05, 0.1) is 0 Å². The Labute approximate surface area is 164 Å². The lowest BCUT2D eigenvalue weighted by Gasteiger charge is -2.32. The molecule has 0 heterocycles. The Kier molecular flexibility index (Phi) is 11.7.